The van der Waals surface area contributed by atoms with Crippen molar-refractivity contribution >= 4 is 16.7 Å². The summed E-state index contributed by atoms with van der Waals surface area (Å²) in [6.45, 7) is 6.36. The predicted octanol–water partition coefficient (Wildman–Crippen LogP) is 2.57. The predicted molar refractivity (Wildman–Crippen MR) is 69.8 cm³/mol. The molecule has 2 aromatic rings. The SMILES string of the molecule is CCCn1c(COCC)nc2ccc(N)cc21. The zero-order valence-electron chi connectivity index (χ0n) is 10.4. The molecule has 0 unspecified atom stereocenters. The van der Waals surface area contributed by atoms with Crippen LogP contribution in [0, 0.1) is 0 Å². The van der Waals surface area contributed by atoms with Crippen molar-refractivity contribution in [3.63, 3.8) is 0 Å². The third kappa shape index (κ3) is 2.42. The lowest BCUT2D eigenvalue weighted by molar-refractivity contribution is 0.126. The average molecular weight is 233 g/mol. The Labute approximate surface area is 101 Å². The van der Waals surface area contributed by atoms with Crippen LogP contribution in [-0.2, 0) is 17.9 Å². The Balaban J connectivity index is 2.46. The highest BCUT2D eigenvalue weighted by Gasteiger charge is 2.10. The first-order valence-electron chi connectivity index (χ1n) is 6.08. The number of hydrogen-bond acceptors (Lipinski definition) is 3. The molecule has 0 aliphatic carbocycles. The lowest BCUT2D eigenvalue weighted by atomic mass is 10.3. The molecule has 0 aliphatic heterocycles. The molecular weight excluding hydrogens is 214 g/mol. The summed E-state index contributed by atoms with van der Waals surface area (Å²) in [6, 6.07) is 5.83. The number of fused-ring (bicyclic) bond motifs is 1. The first kappa shape index (κ1) is 11.9. The van der Waals surface area contributed by atoms with Crippen molar-refractivity contribution in [1.29, 1.82) is 0 Å². The second-order valence-corrected chi connectivity index (χ2v) is 4.06. The lowest BCUT2D eigenvalue weighted by Crippen LogP contribution is -2.05. The quantitative estimate of drug-likeness (QED) is 0.807. The van der Waals surface area contributed by atoms with Gasteiger partial charge in [-0.05, 0) is 31.5 Å². The monoisotopic (exact) mass is 233 g/mol. The molecule has 1 aromatic carbocycles. The van der Waals surface area contributed by atoms with E-state index in [0.717, 1.165) is 35.5 Å². The summed E-state index contributed by atoms with van der Waals surface area (Å²) in [5.41, 5.74) is 8.69. The number of hydrogen-bond donors (Lipinski definition) is 1. The van der Waals surface area contributed by atoms with E-state index in [2.05, 4.69) is 16.5 Å². The Morgan fingerprint density at radius 3 is 2.88 bits per heavy atom. The van der Waals surface area contributed by atoms with E-state index in [9.17, 15) is 0 Å². The molecule has 0 saturated heterocycles. The Hall–Kier alpha value is -1.55. The maximum absolute atomic E-state index is 5.83. The normalized spacial score (nSPS) is 11.2. The first-order chi connectivity index (χ1) is 8.26. The summed E-state index contributed by atoms with van der Waals surface area (Å²) in [4.78, 5) is 4.59. The van der Waals surface area contributed by atoms with Gasteiger partial charge in [0, 0.05) is 18.8 Å². The number of imidazole rings is 1. The molecule has 0 radical (unpaired) electrons. The van der Waals surface area contributed by atoms with Crippen molar-refractivity contribution in [1.82, 2.24) is 9.55 Å². The highest BCUT2D eigenvalue weighted by molar-refractivity contribution is 5.79. The Kier molecular flexibility index (Phi) is 3.64. The smallest absolute Gasteiger partial charge is 0.135 e. The number of benzene rings is 1. The van der Waals surface area contributed by atoms with Crippen molar-refractivity contribution in [2.45, 2.75) is 33.4 Å². The number of nitrogens with two attached hydrogens (primary N) is 1. The van der Waals surface area contributed by atoms with Crippen LogP contribution in [0.15, 0.2) is 18.2 Å². The third-order valence-electron chi connectivity index (χ3n) is 2.73. The number of anilines is 1. The van der Waals surface area contributed by atoms with Crippen LogP contribution in [0.5, 0.6) is 0 Å². The minimum Gasteiger partial charge on any atom is -0.399 e. The van der Waals surface area contributed by atoms with E-state index in [1.54, 1.807) is 0 Å². The van der Waals surface area contributed by atoms with E-state index in [4.69, 9.17) is 10.5 Å². The molecule has 4 nitrogen and oxygen atoms in total. The van der Waals surface area contributed by atoms with E-state index in [0.29, 0.717) is 13.2 Å². The highest BCUT2D eigenvalue weighted by Crippen LogP contribution is 2.20. The van der Waals surface area contributed by atoms with Crippen LogP contribution < -0.4 is 5.73 Å². The molecule has 1 aromatic heterocycles. The van der Waals surface area contributed by atoms with Gasteiger partial charge >= 0.3 is 0 Å². The maximum Gasteiger partial charge on any atom is 0.135 e. The largest absolute Gasteiger partial charge is 0.399 e. The molecular formula is C13H19N3O. The van der Waals surface area contributed by atoms with Gasteiger partial charge in [-0.25, -0.2) is 4.98 Å². The van der Waals surface area contributed by atoms with E-state index in [1.807, 2.05) is 25.1 Å². The summed E-state index contributed by atoms with van der Waals surface area (Å²) >= 11 is 0. The van der Waals surface area contributed by atoms with Crippen molar-refractivity contribution in [2.24, 2.45) is 0 Å². The summed E-state index contributed by atoms with van der Waals surface area (Å²) in [5, 5.41) is 0. The second-order valence-electron chi connectivity index (χ2n) is 4.06. The number of aromatic nitrogens is 2. The van der Waals surface area contributed by atoms with Gasteiger partial charge in [0.15, 0.2) is 0 Å². The van der Waals surface area contributed by atoms with Gasteiger partial charge in [0.2, 0.25) is 0 Å². The first-order valence-corrected chi connectivity index (χ1v) is 6.08. The lowest BCUT2D eigenvalue weighted by Gasteiger charge is -2.07. The molecule has 4 heteroatoms. The molecule has 0 saturated carbocycles. The molecule has 0 atom stereocenters. The van der Waals surface area contributed by atoms with Gasteiger partial charge in [-0.3, -0.25) is 0 Å². The van der Waals surface area contributed by atoms with E-state index < -0.39 is 0 Å². The number of rotatable bonds is 5. The molecule has 0 bridgehead atoms. The van der Waals surface area contributed by atoms with Gasteiger partial charge < -0.3 is 15.0 Å². The summed E-state index contributed by atoms with van der Waals surface area (Å²) in [5.74, 6) is 0.981. The Morgan fingerprint density at radius 2 is 2.18 bits per heavy atom. The van der Waals surface area contributed by atoms with Crippen LogP contribution in [0.2, 0.25) is 0 Å². The molecule has 17 heavy (non-hydrogen) atoms. The van der Waals surface area contributed by atoms with Crippen LogP contribution in [-0.4, -0.2) is 16.2 Å². The summed E-state index contributed by atoms with van der Waals surface area (Å²) in [6.07, 6.45) is 1.07. The number of ether oxygens (including phenoxy) is 1. The zero-order chi connectivity index (χ0) is 12.3. The molecule has 92 valence electrons. The van der Waals surface area contributed by atoms with E-state index >= 15 is 0 Å². The van der Waals surface area contributed by atoms with Crippen LogP contribution in [0.3, 0.4) is 0 Å². The molecule has 2 rings (SSSR count). The molecule has 0 fully saturated rings. The molecule has 0 amide bonds. The van der Waals surface area contributed by atoms with E-state index in [-0.39, 0.29) is 0 Å². The fourth-order valence-corrected chi connectivity index (χ4v) is 1.97. The summed E-state index contributed by atoms with van der Waals surface area (Å²) < 4.78 is 7.65. The maximum atomic E-state index is 5.83. The van der Waals surface area contributed by atoms with Crippen molar-refractivity contribution < 1.29 is 4.74 Å². The number of aryl methyl sites for hydroxylation is 1. The van der Waals surface area contributed by atoms with Gasteiger partial charge in [0.1, 0.15) is 12.4 Å². The second kappa shape index (κ2) is 5.19. The van der Waals surface area contributed by atoms with Gasteiger partial charge in [-0.15, -0.1) is 0 Å². The van der Waals surface area contributed by atoms with Crippen LogP contribution in [0.25, 0.3) is 11.0 Å². The van der Waals surface area contributed by atoms with Gasteiger partial charge in [-0.1, -0.05) is 6.92 Å². The fraction of sp³-hybridized carbons (Fsp3) is 0.462. The molecule has 0 aliphatic rings. The average Bonchev–Trinajstić information content (AvgIpc) is 2.65. The van der Waals surface area contributed by atoms with Crippen molar-refractivity contribution in [3.05, 3.63) is 24.0 Å². The van der Waals surface area contributed by atoms with Crippen LogP contribution in [0.1, 0.15) is 26.1 Å². The Bertz CT molecular complexity index is 505. The van der Waals surface area contributed by atoms with E-state index in [1.165, 1.54) is 0 Å². The zero-order valence-corrected chi connectivity index (χ0v) is 10.4. The van der Waals surface area contributed by atoms with Crippen molar-refractivity contribution in [3.8, 4) is 0 Å². The minimum absolute atomic E-state index is 0.561. The third-order valence-corrected chi connectivity index (χ3v) is 2.73. The van der Waals surface area contributed by atoms with Crippen LogP contribution >= 0.6 is 0 Å². The van der Waals surface area contributed by atoms with Crippen LogP contribution in [0.4, 0.5) is 5.69 Å². The van der Waals surface area contributed by atoms with Crippen molar-refractivity contribution in [2.75, 3.05) is 12.3 Å². The minimum atomic E-state index is 0.561. The standard InChI is InChI=1S/C13H19N3O/c1-3-7-16-12-8-10(14)5-6-11(12)15-13(16)9-17-4-2/h5-6,8H,3-4,7,9,14H2,1-2H3. The van der Waals surface area contributed by atoms with Gasteiger partial charge in [0.25, 0.3) is 0 Å². The van der Waals surface area contributed by atoms with Gasteiger partial charge in [0.05, 0.1) is 11.0 Å². The number of nitrogens with zero attached hydrogens (tertiary/aromatic N) is 2. The fourth-order valence-electron chi connectivity index (χ4n) is 1.97. The molecule has 0 spiro atoms. The topological polar surface area (TPSA) is 53.1 Å². The highest BCUT2D eigenvalue weighted by atomic mass is 16.5. The molecule has 1 heterocycles. The molecule has 2 N–H and O–H groups in total. The number of nitrogen functional groups attached to an aromatic ring is 1. The summed E-state index contributed by atoms with van der Waals surface area (Å²) in [7, 11) is 0. The van der Waals surface area contributed by atoms with Gasteiger partial charge in [-0.2, -0.15) is 0 Å². The Morgan fingerprint density at radius 1 is 1.35 bits per heavy atom.